The molecule has 2 heterocycles. The molecule has 0 fully saturated rings. The van der Waals surface area contributed by atoms with Gasteiger partial charge in [0.2, 0.25) is 5.91 Å². The van der Waals surface area contributed by atoms with Gasteiger partial charge in [0, 0.05) is 23.4 Å². The maximum Gasteiger partial charge on any atom is 0.341 e. The van der Waals surface area contributed by atoms with Crippen molar-refractivity contribution in [3.8, 4) is 0 Å². The Labute approximate surface area is 170 Å². The van der Waals surface area contributed by atoms with Crippen molar-refractivity contribution < 1.29 is 14.3 Å². The van der Waals surface area contributed by atoms with Crippen LogP contribution in [0.4, 0.5) is 11.4 Å². The van der Waals surface area contributed by atoms with E-state index in [-0.39, 0.29) is 24.6 Å². The fourth-order valence-electron chi connectivity index (χ4n) is 2.87. The number of amides is 1. The monoisotopic (exact) mass is 445 g/mol. The number of carbonyl (C=O) groups excluding carboxylic acids is 2. The van der Waals surface area contributed by atoms with Crippen LogP contribution in [0.5, 0.6) is 0 Å². The summed E-state index contributed by atoms with van der Waals surface area (Å²) in [7, 11) is 1.77. The lowest BCUT2D eigenvalue weighted by atomic mass is 10.1. The summed E-state index contributed by atoms with van der Waals surface area (Å²) in [5, 5.41) is 10.9. The van der Waals surface area contributed by atoms with Crippen molar-refractivity contribution in [2.75, 3.05) is 23.8 Å². The third-order valence-corrected chi connectivity index (χ3v) is 4.60. The van der Waals surface area contributed by atoms with Gasteiger partial charge in [0.15, 0.2) is 5.65 Å². The molecule has 0 aliphatic heterocycles. The minimum Gasteiger partial charge on any atom is -0.462 e. The molecule has 0 bridgehead atoms. The summed E-state index contributed by atoms with van der Waals surface area (Å²) in [6.45, 7) is 3.77. The van der Waals surface area contributed by atoms with Crippen LogP contribution in [0.3, 0.4) is 0 Å². The number of aryl methyl sites for hydroxylation is 2. The van der Waals surface area contributed by atoms with Crippen LogP contribution in [0.15, 0.2) is 34.9 Å². The van der Waals surface area contributed by atoms with E-state index >= 15 is 0 Å². The lowest BCUT2D eigenvalue weighted by Crippen LogP contribution is -2.23. The lowest BCUT2D eigenvalue weighted by molar-refractivity contribution is -0.114. The number of hydrogen-bond donors (Lipinski definition) is 2. The molecule has 9 heteroatoms. The molecule has 3 aromatic rings. The molecular weight excluding hydrogens is 426 g/mol. The Morgan fingerprint density at radius 1 is 1.25 bits per heavy atom. The highest BCUT2D eigenvalue weighted by molar-refractivity contribution is 9.10. The number of fused-ring (bicyclic) bond motifs is 1. The van der Waals surface area contributed by atoms with E-state index in [9.17, 15) is 9.59 Å². The highest BCUT2D eigenvalue weighted by atomic mass is 79.9. The fourth-order valence-corrected chi connectivity index (χ4v) is 3.13. The molecule has 28 heavy (non-hydrogen) atoms. The molecule has 3 rings (SSSR count). The van der Waals surface area contributed by atoms with Crippen LogP contribution in [0.2, 0.25) is 0 Å². The number of esters is 1. The smallest absolute Gasteiger partial charge is 0.341 e. The van der Waals surface area contributed by atoms with E-state index in [0.29, 0.717) is 28.1 Å². The van der Waals surface area contributed by atoms with Gasteiger partial charge in [0.25, 0.3) is 0 Å². The third-order valence-electron chi connectivity index (χ3n) is 4.08. The second-order valence-electron chi connectivity index (χ2n) is 6.08. The normalized spacial score (nSPS) is 10.7. The van der Waals surface area contributed by atoms with E-state index in [2.05, 4.69) is 36.6 Å². The molecular formula is C19H20BrN5O3. The first-order valence-electron chi connectivity index (χ1n) is 8.69. The number of nitrogens with one attached hydrogen (secondary N) is 2. The highest BCUT2D eigenvalue weighted by Gasteiger charge is 2.21. The molecule has 2 aromatic heterocycles. The largest absolute Gasteiger partial charge is 0.462 e. The maximum atomic E-state index is 12.4. The summed E-state index contributed by atoms with van der Waals surface area (Å²) in [6.07, 6.45) is 1.44. The number of halogens is 1. The molecule has 8 nitrogen and oxygen atoms in total. The van der Waals surface area contributed by atoms with Gasteiger partial charge in [0.05, 0.1) is 29.9 Å². The molecule has 0 atom stereocenters. The first-order chi connectivity index (χ1) is 13.4. The van der Waals surface area contributed by atoms with Crippen LogP contribution in [0.25, 0.3) is 11.0 Å². The molecule has 0 radical (unpaired) electrons. The molecule has 0 aliphatic carbocycles. The Morgan fingerprint density at radius 3 is 2.64 bits per heavy atom. The first kappa shape index (κ1) is 19.8. The average Bonchev–Trinajstić information content (AvgIpc) is 2.96. The molecule has 0 spiro atoms. The molecule has 146 valence electrons. The number of aromatic nitrogens is 3. The molecule has 2 N–H and O–H groups in total. The molecule has 0 unspecified atom stereocenters. The molecule has 0 saturated carbocycles. The van der Waals surface area contributed by atoms with E-state index in [4.69, 9.17) is 4.74 Å². The zero-order valence-corrected chi connectivity index (χ0v) is 17.3. The van der Waals surface area contributed by atoms with E-state index in [1.54, 1.807) is 30.8 Å². The van der Waals surface area contributed by atoms with Gasteiger partial charge in [-0.25, -0.2) is 9.78 Å². The summed E-state index contributed by atoms with van der Waals surface area (Å²) >= 11 is 3.36. The predicted octanol–water partition coefficient (Wildman–Crippen LogP) is 3.27. The van der Waals surface area contributed by atoms with Gasteiger partial charge in [-0.15, -0.1) is 0 Å². The van der Waals surface area contributed by atoms with Gasteiger partial charge >= 0.3 is 5.97 Å². The molecule has 1 aromatic carbocycles. The SMILES string of the molecule is CCOC(=O)c1cnc2c(c(C)nn2C)c1NCC(=O)Nc1ccc(Br)cc1. The number of hydrogen-bond acceptors (Lipinski definition) is 6. The van der Waals surface area contributed by atoms with E-state index < -0.39 is 5.97 Å². The Kier molecular flexibility index (Phi) is 5.93. The van der Waals surface area contributed by atoms with Crippen molar-refractivity contribution in [3.63, 3.8) is 0 Å². The lowest BCUT2D eigenvalue weighted by Gasteiger charge is -2.13. The Morgan fingerprint density at radius 2 is 1.96 bits per heavy atom. The van der Waals surface area contributed by atoms with Crippen LogP contribution in [-0.4, -0.2) is 39.8 Å². The van der Waals surface area contributed by atoms with Crippen molar-refractivity contribution in [3.05, 3.63) is 46.2 Å². The Balaban J connectivity index is 1.87. The van der Waals surface area contributed by atoms with E-state index in [0.717, 1.165) is 4.47 Å². The quantitative estimate of drug-likeness (QED) is 0.564. The number of carbonyl (C=O) groups is 2. The van der Waals surface area contributed by atoms with Crippen molar-refractivity contribution in [2.24, 2.45) is 7.05 Å². The maximum absolute atomic E-state index is 12.4. The number of rotatable bonds is 6. The standard InChI is InChI=1S/C19H20BrN5O3/c1-4-28-19(27)14-9-22-18-16(11(2)24-25(18)3)17(14)21-10-15(26)23-13-7-5-12(20)6-8-13/h5-9H,4,10H2,1-3H3,(H,21,22)(H,23,26). The van der Waals surface area contributed by atoms with Crippen LogP contribution in [-0.2, 0) is 16.6 Å². The first-order valence-corrected chi connectivity index (χ1v) is 9.48. The van der Waals surface area contributed by atoms with Gasteiger partial charge in [-0.05, 0) is 38.1 Å². The number of ether oxygens (including phenoxy) is 1. The zero-order chi connectivity index (χ0) is 20.3. The number of pyridine rings is 1. The van der Waals surface area contributed by atoms with Gasteiger partial charge in [0.1, 0.15) is 5.56 Å². The van der Waals surface area contributed by atoms with Gasteiger partial charge in [-0.3, -0.25) is 9.48 Å². The second kappa shape index (κ2) is 8.39. The van der Waals surface area contributed by atoms with Gasteiger partial charge in [-0.2, -0.15) is 5.10 Å². The van der Waals surface area contributed by atoms with Crippen LogP contribution < -0.4 is 10.6 Å². The summed E-state index contributed by atoms with van der Waals surface area (Å²) < 4.78 is 7.68. The number of anilines is 2. The molecule has 0 aliphatic rings. The summed E-state index contributed by atoms with van der Waals surface area (Å²) in [6, 6.07) is 7.27. The second-order valence-corrected chi connectivity index (χ2v) is 7.00. The average molecular weight is 446 g/mol. The zero-order valence-electron chi connectivity index (χ0n) is 15.7. The summed E-state index contributed by atoms with van der Waals surface area (Å²) in [5.41, 5.74) is 2.74. The fraction of sp³-hybridized carbons (Fsp3) is 0.263. The van der Waals surface area contributed by atoms with Crippen LogP contribution in [0.1, 0.15) is 23.0 Å². The third kappa shape index (κ3) is 4.14. The Hall–Kier alpha value is -2.94. The van der Waals surface area contributed by atoms with Gasteiger partial charge < -0.3 is 15.4 Å². The topological polar surface area (TPSA) is 98.1 Å². The molecule has 1 amide bonds. The number of nitrogens with zero attached hydrogens (tertiary/aromatic N) is 3. The van der Waals surface area contributed by atoms with Crippen molar-refractivity contribution in [2.45, 2.75) is 13.8 Å². The van der Waals surface area contributed by atoms with Crippen LogP contribution >= 0.6 is 15.9 Å². The van der Waals surface area contributed by atoms with Crippen molar-refractivity contribution in [1.29, 1.82) is 0 Å². The summed E-state index contributed by atoms with van der Waals surface area (Å²) in [5.74, 6) is -0.750. The van der Waals surface area contributed by atoms with Crippen LogP contribution in [0, 0.1) is 6.92 Å². The highest BCUT2D eigenvalue weighted by Crippen LogP contribution is 2.29. The van der Waals surface area contributed by atoms with E-state index in [1.807, 2.05) is 19.1 Å². The predicted molar refractivity (Wildman–Crippen MR) is 110 cm³/mol. The molecule has 0 saturated heterocycles. The Bertz CT molecular complexity index is 1030. The van der Waals surface area contributed by atoms with Crippen molar-refractivity contribution >= 4 is 50.2 Å². The van der Waals surface area contributed by atoms with Gasteiger partial charge in [-0.1, -0.05) is 15.9 Å². The van der Waals surface area contributed by atoms with Crippen molar-refractivity contribution in [1.82, 2.24) is 14.8 Å². The minimum atomic E-state index is -0.504. The van der Waals surface area contributed by atoms with E-state index in [1.165, 1.54) is 6.20 Å². The minimum absolute atomic E-state index is 0.0318. The number of benzene rings is 1. The summed E-state index contributed by atoms with van der Waals surface area (Å²) in [4.78, 5) is 29.0.